The molecule has 0 saturated heterocycles. The third-order valence-corrected chi connectivity index (χ3v) is 6.58. The minimum atomic E-state index is -4.52. The number of alkyl halides is 3. The Hall–Kier alpha value is -1.52. The van der Waals surface area contributed by atoms with Crippen LogP contribution in [0.4, 0.5) is 13.2 Å². The third-order valence-electron chi connectivity index (χ3n) is 6.58. The van der Waals surface area contributed by atoms with Gasteiger partial charge >= 0.3 is 6.18 Å². The number of halogens is 3. The van der Waals surface area contributed by atoms with Crippen molar-refractivity contribution < 1.29 is 18.0 Å². The van der Waals surface area contributed by atoms with E-state index in [0.717, 1.165) is 25.3 Å². The van der Waals surface area contributed by atoms with Crippen LogP contribution in [-0.4, -0.2) is 11.9 Å². The Labute approximate surface area is 134 Å². The molecule has 1 aromatic carbocycles. The summed E-state index contributed by atoms with van der Waals surface area (Å²) in [7, 11) is 0. The number of hydrogen-bond acceptors (Lipinski definition) is 1. The van der Waals surface area contributed by atoms with Crippen LogP contribution in [0.25, 0.3) is 0 Å². The topological polar surface area (TPSA) is 29.1 Å². The van der Waals surface area contributed by atoms with E-state index in [9.17, 15) is 18.0 Å². The zero-order valence-corrected chi connectivity index (χ0v) is 13.6. The summed E-state index contributed by atoms with van der Waals surface area (Å²) in [6, 6.07) is 4.92. The van der Waals surface area contributed by atoms with Gasteiger partial charge < -0.3 is 5.32 Å². The van der Waals surface area contributed by atoms with Crippen molar-refractivity contribution >= 4 is 5.91 Å². The molecule has 2 nitrogen and oxygen atoms in total. The average molecular weight is 325 g/mol. The second-order valence-electron chi connectivity index (χ2n) is 7.68. The first-order valence-electron chi connectivity index (χ1n) is 8.04. The summed E-state index contributed by atoms with van der Waals surface area (Å²) in [6.07, 6.45) is -1.53. The molecule has 3 rings (SSSR count). The number of carbonyl (C=O) groups excluding carboxylic acids is 1. The number of carbonyl (C=O) groups is 1. The van der Waals surface area contributed by atoms with Crippen LogP contribution in [-0.2, 0) is 6.18 Å². The van der Waals surface area contributed by atoms with E-state index < -0.39 is 17.6 Å². The normalized spacial score (nSPS) is 32.1. The van der Waals surface area contributed by atoms with E-state index in [0.29, 0.717) is 5.92 Å². The van der Waals surface area contributed by atoms with Crippen molar-refractivity contribution in [1.29, 1.82) is 0 Å². The van der Waals surface area contributed by atoms with Gasteiger partial charge in [-0.1, -0.05) is 32.9 Å². The van der Waals surface area contributed by atoms with Crippen LogP contribution in [0.15, 0.2) is 24.3 Å². The third kappa shape index (κ3) is 2.36. The van der Waals surface area contributed by atoms with Gasteiger partial charge in [-0.15, -0.1) is 0 Å². The predicted octanol–water partition coefficient (Wildman–Crippen LogP) is 4.65. The summed E-state index contributed by atoms with van der Waals surface area (Å²) < 4.78 is 39.3. The maximum atomic E-state index is 13.1. The molecule has 2 aliphatic rings. The Morgan fingerprint density at radius 2 is 1.87 bits per heavy atom. The van der Waals surface area contributed by atoms with Crippen LogP contribution in [0.3, 0.4) is 0 Å². The molecule has 3 atom stereocenters. The molecule has 0 aromatic heterocycles. The van der Waals surface area contributed by atoms with E-state index in [1.54, 1.807) is 0 Å². The quantitative estimate of drug-likeness (QED) is 0.842. The van der Waals surface area contributed by atoms with Crippen LogP contribution >= 0.6 is 0 Å². The van der Waals surface area contributed by atoms with Gasteiger partial charge in [-0.25, -0.2) is 0 Å². The highest BCUT2D eigenvalue weighted by Gasteiger charge is 2.61. The highest BCUT2D eigenvalue weighted by atomic mass is 19.4. The largest absolute Gasteiger partial charge is 0.417 e. The zero-order valence-electron chi connectivity index (χ0n) is 13.6. The standard InChI is InChI=1S/C18H22F3NO/c1-16(2)11-8-9-17(16,3)14(10-11)22-15(23)12-6-4-5-7-13(12)18(19,20)21/h4-7,11,14H,8-10H2,1-3H3,(H,22,23). The Morgan fingerprint density at radius 1 is 1.22 bits per heavy atom. The summed E-state index contributed by atoms with van der Waals surface area (Å²) in [5.74, 6) is -0.0943. The van der Waals surface area contributed by atoms with Gasteiger partial charge in [0.1, 0.15) is 0 Å². The van der Waals surface area contributed by atoms with Crippen LogP contribution in [0.5, 0.6) is 0 Å². The molecule has 2 saturated carbocycles. The van der Waals surface area contributed by atoms with Gasteiger partial charge in [-0.2, -0.15) is 13.2 Å². The predicted molar refractivity (Wildman–Crippen MR) is 81.9 cm³/mol. The van der Waals surface area contributed by atoms with Gasteiger partial charge in [0.2, 0.25) is 0 Å². The van der Waals surface area contributed by atoms with Crippen molar-refractivity contribution in [2.45, 2.75) is 52.3 Å². The highest BCUT2D eigenvalue weighted by molar-refractivity contribution is 5.96. The molecule has 0 spiro atoms. The number of nitrogens with one attached hydrogen (secondary N) is 1. The molecule has 1 N–H and O–H groups in total. The van der Waals surface area contributed by atoms with E-state index >= 15 is 0 Å². The monoisotopic (exact) mass is 325 g/mol. The van der Waals surface area contributed by atoms with E-state index in [1.807, 2.05) is 0 Å². The fourth-order valence-electron chi connectivity index (χ4n) is 4.59. The smallest absolute Gasteiger partial charge is 0.349 e. The molecule has 3 unspecified atom stereocenters. The van der Waals surface area contributed by atoms with Gasteiger partial charge in [0.05, 0.1) is 11.1 Å². The molecule has 23 heavy (non-hydrogen) atoms. The fourth-order valence-corrected chi connectivity index (χ4v) is 4.59. The lowest BCUT2D eigenvalue weighted by molar-refractivity contribution is -0.137. The van der Waals surface area contributed by atoms with Crippen molar-refractivity contribution in [3.63, 3.8) is 0 Å². The van der Waals surface area contributed by atoms with Crippen molar-refractivity contribution in [3.8, 4) is 0 Å². The second-order valence-corrected chi connectivity index (χ2v) is 7.68. The Balaban J connectivity index is 1.85. The number of rotatable bonds is 2. The Kier molecular flexibility index (Phi) is 3.54. The molecular weight excluding hydrogens is 303 g/mol. The first kappa shape index (κ1) is 16.3. The lowest BCUT2D eigenvalue weighted by Gasteiger charge is -2.39. The van der Waals surface area contributed by atoms with Crippen LogP contribution in [0.1, 0.15) is 56.0 Å². The van der Waals surface area contributed by atoms with Crippen LogP contribution < -0.4 is 5.32 Å². The molecule has 126 valence electrons. The van der Waals surface area contributed by atoms with Gasteiger partial charge in [0.15, 0.2) is 0 Å². The molecule has 0 radical (unpaired) electrons. The van der Waals surface area contributed by atoms with Crippen molar-refractivity contribution in [3.05, 3.63) is 35.4 Å². The molecule has 2 bridgehead atoms. The minimum absolute atomic E-state index is 0.0551. The van der Waals surface area contributed by atoms with Crippen LogP contribution in [0, 0.1) is 16.7 Å². The van der Waals surface area contributed by atoms with Crippen molar-refractivity contribution in [2.24, 2.45) is 16.7 Å². The first-order chi connectivity index (χ1) is 10.6. The van der Waals surface area contributed by atoms with Gasteiger partial charge in [-0.3, -0.25) is 4.79 Å². The van der Waals surface area contributed by atoms with E-state index in [1.165, 1.54) is 18.2 Å². The lowest BCUT2D eigenvalue weighted by atomic mass is 9.69. The molecule has 2 aliphatic carbocycles. The number of hydrogen-bond donors (Lipinski definition) is 1. The maximum Gasteiger partial charge on any atom is 0.417 e. The summed E-state index contributed by atoms with van der Waals surface area (Å²) in [6.45, 7) is 6.57. The van der Waals surface area contributed by atoms with Gasteiger partial charge in [-0.05, 0) is 48.1 Å². The van der Waals surface area contributed by atoms with Crippen molar-refractivity contribution in [1.82, 2.24) is 5.32 Å². The molecule has 2 fully saturated rings. The van der Waals surface area contributed by atoms with E-state index in [4.69, 9.17) is 0 Å². The number of benzene rings is 1. The van der Waals surface area contributed by atoms with E-state index in [-0.39, 0.29) is 22.4 Å². The van der Waals surface area contributed by atoms with E-state index in [2.05, 4.69) is 26.1 Å². The molecule has 0 heterocycles. The summed E-state index contributed by atoms with van der Waals surface area (Å²) in [5.41, 5.74) is -1.11. The second kappa shape index (κ2) is 4.99. The highest BCUT2D eigenvalue weighted by Crippen LogP contribution is 2.65. The molecular formula is C18H22F3NO. The van der Waals surface area contributed by atoms with Gasteiger partial charge in [0, 0.05) is 6.04 Å². The zero-order chi connectivity index (χ0) is 17.0. The maximum absolute atomic E-state index is 13.1. The van der Waals surface area contributed by atoms with Gasteiger partial charge in [0.25, 0.3) is 5.91 Å². The van der Waals surface area contributed by atoms with Crippen LogP contribution in [0.2, 0.25) is 0 Å². The minimum Gasteiger partial charge on any atom is -0.349 e. The molecule has 5 heteroatoms. The molecule has 0 aliphatic heterocycles. The SMILES string of the molecule is CC1(C)C2CCC1(C)C(NC(=O)c1ccccc1C(F)(F)F)C2. The molecule has 1 amide bonds. The number of fused-ring (bicyclic) bond motifs is 2. The van der Waals surface area contributed by atoms with Crippen molar-refractivity contribution in [2.75, 3.05) is 0 Å². The Bertz CT molecular complexity index is 637. The fraction of sp³-hybridized carbons (Fsp3) is 0.611. The summed E-state index contributed by atoms with van der Waals surface area (Å²) in [5, 5.41) is 2.90. The number of amides is 1. The summed E-state index contributed by atoms with van der Waals surface area (Å²) in [4.78, 5) is 12.5. The Morgan fingerprint density at radius 3 is 2.39 bits per heavy atom. The summed E-state index contributed by atoms with van der Waals surface area (Å²) >= 11 is 0. The lowest BCUT2D eigenvalue weighted by Crippen LogP contribution is -2.47. The molecule has 1 aromatic rings. The first-order valence-corrected chi connectivity index (χ1v) is 8.04. The average Bonchev–Trinajstić information content (AvgIpc) is 2.79.